The third-order valence-corrected chi connectivity index (χ3v) is 5.62. The second kappa shape index (κ2) is 7.72. The molecule has 0 fully saturated rings. The maximum Gasteiger partial charge on any atom is 0.261 e. The molecule has 0 atom stereocenters. The summed E-state index contributed by atoms with van der Waals surface area (Å²) in [7, 11) is -3.73. The van der Waals surface area contributed by atoms with Gasteiger partial charge in [-0.15, -0.1) is 10.2 Å². The van der Waals surface area contributed by atoms with Crippen molar-refractivity contribution in [2.75, 3.05) is 4.72 Å². The van der Waals surface area contributed by atoms with Crippen molar-refractivity contribution >= 4 is 27.3 Å². The number of aromatic nitrogens is 3. The first-order valence-electron chi connectivity index (χ1n) is 8.78. The lowest BCUT2D eigenvalue weighted by Crippen LogP contribution is -2.24. The fraction of sp³-hybridized carbons (Fsp3) is 0.0500. The fourth-order valence-corrected chi connectivity index (χ4v) is 3.88. The molecule has 0 spiro atoms. The van der Waals surface area contributed by atoms with Gasteiger partial charge < -0.3 is 5.32 Å². The molecule has 8 nitrogen and oxygen atoms in total. The van der Waals surface area contributed by atoms with Crippen LogP contribution in [0.4, 0.5) is 5.69 Å². The Morgan fingerprint density at radius 2 is 1.72 bits per heavy atom. The van der Waals surface area contributed by atoms with E-state index in [9.17, 15) is 13.2 Å². The SMILES string of the molecule is O=C(NCc1nnc2ccccn12)c1cccc(NS(=O)(=O)c2ccccc2)c1. The van der Waals surface area contributed by atoms with Crippen molar-refractivity contribution in [2.24, 2.45) is 0 Å². The number of amides is 1. The van der Waals surface area contributed by atoms with E-state index < -0.39 is 10.0 Å². The summed E-state index contributed by atoms with van der Waals surface area (Å²) in [5.74, 6) is 0.244. The number of carbonyl (C=O) groups is 1. The Morgan fingerprint density at radius 3 is 2.55 bits per heavy atom. The first-order chi connectivity index (χ1) is 14.0. The number of carbonyl (C=O) groups excluding carboxylic acids is 1. The molecule has 146 valence electrons. The molecule has 0 saturated carbocycles. The van der Waals surface area contributed by atoms with Crippen molar-refractivity contribution in [3.8, 4) is 0 Å². The van der Waals surface area contributed by atoms with E-state index in [1.807, 2.05) is 24.4 Å². The quantitative estimate of drug-likeness (QED) is 0.511. The average molecular weight is 407 g/mol. The molecule has 0 unspecified atom stereocenters. The molecule has 29 heavy (non-hydrogen) atoms. The van der Waals surface area contributed by atoms with E-state index in [1.165, 1.54) is 18.2 Å². The van der Waals surface area contributed by atoms with E-state index >= 15 is 0 Å². The number of nitrogens with one attached hydrogen (secondary N) is 2. The summed E-state index contributed by atoms with van der Waals surface area (Å²) in [6.45, 7) is 0.185. The van der Waals surface area contributed by atoms with Gasteiger partial charge in [-0.1, -0.05) is 30.3 Å². The fourth-order valence-electron chi connectivity index (χ4n) is 2.81. The summed E-state index contributed by atoms with van der Waals surface area (Å²) < 4.78 is 29.2. The minimum absolute atomic E-state index is 0.147. The Morgan fingerprint density at radius 1 is 0.931 bits per heavy atom. The number of benzene rings is 2. The highest BCUT2D eigenvalue weighted by Gasteiger charge is 2.15. The van der Waals surface area contributed by atoms with E-state index in [-0.39, 0.29) is 17.3 Å². The van der Waals surface area contributed by atoms with E-state index in [0.717, 1.165) is 0 Å². The van der Waals surface area contributed by atoms with E-state index in [2.05, 4.69) is 20.2 Å². The molecule has 0 radical (unpaired) electrons. The number of hydrogen-bond donors (Lipinski definition) is 2. The summed E-state index contributed by atoms with van der Waals surface area (Å²) in [4.78, 5) is 12.7. The van der Waals surface area contributed by atoms with Crippen molar-refractivity contribution in [1.82, 2.24) is 19.9 Å². The predicted molar refractivity (Wildman–Crippen MR) is 108 cm³/mol. The van der Waals surface area contributed by atoms with Crippen molar-refractivity contribution in [3.05, 3.63) is 90.4 Å². The lowest BCUT2D eigenvalue weighted by atomic mass is 10.2. The van der Waals surface area contributed by atoms with Crippen LogP contribution in [-0.2, 0) is 16.6 Å². The Kier molecular flexibility index (Phi) is 4.96. The first-order valence-corrected chi connectivity index (χ1v) is 10.3. The van der Waals surface area contributed by atoms with E-state index in [4.69, 9.17) is 0 Å². The number of anilines is 1. The van der Waals surface area contributed by atoms with Crippen LogP contribution in [0.2, 0.25) is 0 Å². The van der Waals surface area contributed by atoms with Crippen LogP contribution in [0.15, 0.2) is 83.9 Å². The smallest absolute Gasteiger partial charge is 0.261 e. The minimum Gasteiger partial charge on any atom is -0.345 e. The second-order valence-electron chi connectivity index (χ2n) is 6.23. The average Bonchev–Trinajstić information content (AvgIpc) is 3.16. The Labute approximate surface area is 167 Å². The van der Waals surface area contributed by atoms with Crippen molar-refractivity contribution < 1.29 is 13.2 Å². The highest BCUT2D eigenvalue weighted by molar-refractivity contribution is 7.92. The molecule has 0 saturated heterocycles. The van der Waals surface area contributed by atoms with Crippen LogP contribution in [0.5, 0.6) is 0 Å². The molecule has 1 amide bonds. The summed E-state index contributed by atoms with van der Waals surface area (Å²) in [6.07, 6.45) is 1.82. The molecular weight excluding hydrogens is 390 g/mol. The van der Waals surface area contributed by atoms with Crippen LogP contribution in [0.1, 0.15) is 16.2 Å². The maximum absolute atomic E-state index is 12.5. The van der Waals surface area contributed by atoms with Crippen LogP contribution in [0, 0.1) is 0 Å². The highest BCUT2D eigenvalue weighted by atomic mass is 32.2. The van der Waals surface area contributed by atoms with E-state index in [0.29, 0.717) is 22.7 Å². The molecule has 0 bridgehead atoms. The van der Waals surface area contributed by atoms with Crippen LogP contribution in [0.3, 0.4) is 0 Å². The summed E-state index contributed by atoms with van der Waals surface area (Å²) >= 11 is 0. The summed E-state index contributed by atoms with van der Waals surface area (Å²) in [5.41, 5.74) is 1.32. The number of fused-ring (bicyclic) bond motifs is 1. The lowest BCUT2D eigenvalue weighted by molar-refractivity contribution is 0.0950. The van der Waals surface area contributed by atoms with Crippen LogP contribution >= 0.6 is 0 Å². The van der Waals surface area contributed by atoms with Gasteiger partial charge >= 0.3 is 0 Å². The topological polar surface area (TPSA) is 105 Å². The second-order valence-corrected chi connectivity index (χ2v) is 7.91. The molecule has 2 heterocycles. The molecule has 0 aliphatic heterocycles. The van der Waals surface area contributed by atoms with Gasteiger partial charge in [0.2, 0.25) is 0 Å². The van der Waals surface area contributed by atoms with Crippen LogP contribution in [0.25, 0.3) is 5.65 Å². The zero-order chi connectivity index (χ0) is 20.3. The minimum atomic E-state index is -3.73. The number of sulfonamides is 1. The predicted octanol–water partition coefficient (Wildman–Crippen LogP) is 2.46. The van der Waals surface area contributed by atoms with Crippen LogP contribution in [-0.4, -0.2) is 28.9 Å². The standard InChI is InChI=1S/C20H17N5O3S/c26-20(21-14-19-23-22-18-11-4-5-12-25(18)19)15-7-6-8-16(13-15)24-29(27,28)17-9-2-1-3-10-17/h1-13,24H,14H2,(H,21,26). The van der Waals surface area contributed by atoms with Crippen LogP contribution < -0.4 is 10.0 Å². The maximum atomic E-state index is 12.5. The van der Waals surface area contributed by atoms with Gasteiger partial charge in [0.15, 0.2) is 11.5 Å². The number of nitrogens with zero attached hydrogens (tertiary/aromatic N) is 3. The van der Waals surface area contributed by atoms with Gasteiger partial charge in [0.1, 0.15) is 0 Å². The Bertz CT molecular complexity index is 1270. The zero-order valence-electron chi connectivity index (χ0n) is 15.2. The van der Waals surface area contributed by atoms with Gasteiger partial charge in [0.25, 0.3) is 15.9 Å². The third kappa shape index (κ3) is 4.09. The largest absolute Gasteiger partial charge is 0.345 e. The van der Waals surface area contributed by atoms with Crippen molar-refractivity contribution in [3.63, 3.8) is 0 Å². The molecule has 4 aromatic rings. The molecule has 2 N–H and O–H groups in total. The number of hydrogen-bond acceptors (Lipinski definition) is 5. The summed E-state index contributed by atoms with van der Waals surface area (Å²) in [6, 6.07) is 19.9. The first kappa shape index (κ1) is 18.6. The monoisotopic (exact) mass is 407 g/mol. The molecule has 0 aliphatic carbocycles. The molecule has 2 aromatic heterocycles. The van der Waals surface area contributed by atoms with E-state index in [1.54, 1.807) is 40.8 Å². The van der Waals surface area contributed by atoms with Gasteiger partial charge in [-0.05, 0) is 42.5 Å². The third-order valence-electron chi connectivity index (χ3n) is 4.22. The highest BCUT2D eigenvalue weighted by Crippen LogP contribution is 2.17. The molecule has 0 aliphatic rings. The number of pyridine rings is 1. The van der Waals surface area contributed by atoms with Gasteiger partial charge in [-0.2, -0.15) is 0 Å². The Hall–Kier alpha value is -3.72. The Balaban J connectivity index is 1.47. The molecule has 2 aromatic carbocycles. The van der Waals surface area contributed by atoms with Gasteiger partial charge in [-0.3, -0.25) is 13.9 Å². The van der Waals surface area contributed by atoms with Gasteiger partial charge in [0.05, 0.1) is 11.4 Å². The van der Waals surface area contributed by atoms with Crippen molar-refractivity contribution in [2.45, 2.75) is 11.4 Å². The lowest BCUT2D eigenvalue weighted by Gasteiger charge is -2.10. The zero-order valence-corrected chi connectivity index (χ0v) is 16.0. The summed E-state index contributed by atoms with van der Waals surface area (Å²) in [5, 5.41) is 10.9. The van der Waals surface area contributed by atoms with Crippen molar-refractivity contribution in [1.29, 1.82) is 0 Å². The molecular formula is C20H17N5O3S. The molecule has 4 rings (SSSR count). The van der Waals surface area contributed by atoms with Gasteiger partial charge in [0, 0.05) is 17.4 Å². The normalized spacial score (nSPS) is 11.3. The number of rotatable bonds is 6. The molecule has 9 heteroatoms. The van der Waals surface area contributed by atoms with Gasteiger partial charge in [-0.25, -0.2) is 8.42 Å².